The van der Waals surface area contributed by atoms with E-state index in [1.54, 1.807) is 38.4 Å². The van der Waals surface area contributed by atoms with Gasteiger partial charge in [0.25, 0.3) is 10.0 Å². The van der Waals surface area contributed by atoms with Gasteiger partial charge in [-0.2, -0.15) is 0 Å². The van der Waals surface area contributed by atoms with Crippen LogP contribution in [0.25, 0.3) is 10.8 Å². The van der Waals surface area contributed by atoms with Crippen LogP contribution in [-0.4, -0.2) is 24.5 Å². The van der Waals surface area contributed by atoms with E-state index in [1.807, 2.05) is 25.1 Å². The van der Waals surface area contributed by atoms with Gasteiger partial charge in [0, 0.05) is 23.4 Å². The van der Waals surface area contributed by atoms with Crippen molar-refractivity contribution in [3.63, 3.8) is 0 Å². The summed E-state index contributed by atoms with van der Waals surface area (Å²) >= 11 is 0. The third-order valence-electron chi connectivity index (χ3n) is 3.78. The first-order valence-electron chi connectivity index (χ1n) is 7.35. The van der Waals surface area contributed by atoms with Crippen molar-refractivity contribution in [3.8, 4) is 5.75 Å². The molecule has 0 N–H and O–H groups in total. The molecule has 6 heteroatoms. The van der Waals surface area contributed by atoms with Crippen molar-refractivity contribution in [2.45, 2.75) is 25.2 Å². The number of fused-ring (bicyclic) bond motifs is 1. The molecule has 0 unspecified atom stereocenters. The Balaban J connectivity index is 2.31. The van der Waals surface area contributed by atoms with Gasteiger partial charge in [-0.3, -0.25) is 0 Å². The largest absolute Gasteiger partial charge is 0.496 e. The normalized spacial score (nSPS) is 11.8. The Labute approximate surface area is 135 Å². The summed E-state index contributed by atoms with van der Waals surface area (Å²) in [6, 6.07) is 10.6. The van der Waals surface area contributed by atoms with Crippen LogP contribution in [0.1, 0.15) is 18.4 Å². The van der Waals surface area contributed by atoms with Gasteiger partial charge >= 0.3 is 0 Å². The molecule has 120 valence electrons. The smallest absolute Gasteiger partial charge is 0.269 e. The minimum atomic E-state index is -3.71. The minimum absolute atomic E-state index is 0.251. The van der Waals surface area contributed by atoms with Crippen molar-refractivity contribution in [1.82, 2.24) is 8.96 Å². The molecule has 0 saturated carbocycles. The SMILES string of the molecule is CCc1nc(C)cn1S(=O)(=O)c1ccc(OC)c2ccccc12. The third-order valence-corrected chi connectivity index (χ3v) is 5.53. The van der Waals surface area contributed by atoms with Gasteiger partial charge in [0.05, 0.1) is 17.7 Å². The molecule has 0 saturated heterocycles. The third kappa shape index (κ3) is 2.49. The van der Waals surface area contributed by atoms with Gasteiger partial charge in [-0.25, -0.2) is 17.4 Å². The maximum absolute atomic E-state index is 13.1. The van der Waals surface area contributed by atoms with E-state index in [-0.39, 0.29) is 4.90 Å². The van der Waals surface area contributed by atoms with E-state index in [4.69, 9.17) is 4.74 Å². The van der Waals surface area contributed by atoms with Gasteiger partial charge in [-0.1, -0.05) is 31.2 Å². The van der Waals surface area contributed by atoms with Crippen LogP contribution >= 0.6 is 0 Å². The van der Waals surface area contributed by atoms with Crippen molar-refractivity contribution in [1.29, 1.82) is 0 Å². The van der Waals surface area contributed by atoms with E-state index in [0.29, 0.717) is 29.1 Å². The number of benzene rings is 2. The molecule has 3 aromatic rings. The lowest BCUT2D eigenvalue weighted by Crippen LogP contribution is -2.15. The lowest BCUT2D eigenvalue weighted by Gasteiger charge is -2.13. The van der Waals surface area contributed by atoms with Gasteiger partial charge in [-0.15, -0.1) is 0 Å². The molecule has 0 fully saturated rings. The van der Waals surface area contributed by atoms with Crippen LogP contribution in [-0.2, 0) is 16.4 Å². The number of aromatic nitrogens is 2. The van der Waals surface area contributed by atoms with E-state index in [9.17, 15) is 8.42 Å². The van der Waals surface area contributed by atoms with Crippen LogP contribution in [0.2, 0.25) is 0 Å². The monoisotopic (exact) mass is 330 g/mol. The van der Waals surface area contributed by atoms with Crippen molar-refractivity contribution < 1.29 is 13.2 Å². The van der Waals surface area contributed by atoms with Crippen LogP contribution in [0.3, 0.4) is 0 Å². The Morgan fingerprint density at radius 1 is 1.13 bits per heavy atom. The van der Waals surface area contributed by atoms with E-state index in [2.05, 4.69) is 4.98 Å². The Morgan fingerprint density at radius 2 is 1.83 bits per heavy atom. The van der Waals surface area contributed by atoms with Crippen molar-refractivity contribution in [3.05, 3.63) is 54.1 Å². The van der Waals surface area contributed by atoms with Crippen LogP contribution < -0.4 is 4.74 Å². The quantitative estimate of drug-likeness (QED) is 0.737. The number of hydrogen-bond acceptors (Lipinski definition) is 4. The van der Waals surface area contributed by atoms with Crippen LogP contribution in [0.4, 0.5) is 0 Å². The van der Waals surface area contributed by atoms with Gasteiger partial charge in [0.1, 0.15) is 11.6 Å². The van der Waals surface area contributed by atoms with E-state index in [0.717, 1.165) is 5.39 Å². The Hall–Kier alpha value is -2.34. The number of imidazole rings is 1. The number of hydrogen-bond donors (Lipinski definition) is 0. The zero-order valence-electron chi connectivity index (χ0n) is 13.3. The lowest BCUT2D eigenvalue weighted by atomic mass is 10.1. The first kappa shape index (κ1) is 15.6. The number of methoxy groups -OCH3 is 1. The zero-order valence-corrected chi connectivity index (χ0v) is 14.1. The van der Waals surface area contributed by atoms with Crippen molar-refractivity contribution in [2.75, 3.05) is 7.11 Å². The fourth-order valence-corrected chi connectivity index (χ4v) is 4.37. The molecule has 0 aliphatic heterocycles. The molecule has 0 radical (unpaired) electrons. The van der Waals surface area contributed by atoms with Gasteiger partial charge in [0.15, 0.2) is 0 Å². The second kappa shape index (κ2) is 5.70. The van der Waals surface area contributed by atoms with E-state index < -0.39 is 10.0 Å². The van der Waals surface area contributed by atoms with Gasteiger partial charge in [-0.05, 0) is 19.1 Å². The summed E-state index contributed by atoms with van der Waals surface area (Å²) in [4.78, 5) is 4.54. The second-order valence-corrected chi connectivity index (χ2v) is 7.05. The number of nitrogens with zero attached hydrogens (tertiary/aromatic N) is 2. The lowest BCUT2D eigenvalue weighted by molar-refractivity contribution is 0.419. The summed E-state index contributed by atoms with van der Waals surface area (Å²) in [6.45, 7) is 3.68. The summed E-state index contributed by atoms with van der Waals surface area (Å²) in [5.74, 6) is 1.18. The van der Waals surface area contributed by atoms with E-state index in [1.165, 1.54) is 3.97 Å². The first-order chi connectivity index (χ1) is 11.0. The molecule has 1 heterocycles. The summed E-state index contributed by atoms with van der Waals surface area (Å²) in [5, 5.41) is 1.41. The molecule has 3 rings (SSSR count). The molecule has 5 nitrogen and oxygen atoms in total. The van der Waals surface area contributed by atoms with Crippen molar-refractivity contribution >= 4 is 20.8 Å². The van der Waals surface area contributed by atoms with Crippen molar-refractivity contribution in [2.24, 2.45) is 0 Å². The van der Waals surface area contributed by atoms with E-state index >= 15 is 0 Å². The highest BCUT2D eigenvalue weighted by Crippen LogP contribution is 2.32. The Kier molecular flexibility index (Phi) is 3.85. The molecule has 0 bridgehead atoms. The molecular weight excluding hydrogens is 312 g/mol. The standard InChI is InChI=1S/C17H18N2O3S/c1-4-17-18-12(2)11-19(17)23(20,21)16-10-9-15(22-3)13-7-5-6-8-14(13)16/h5-11H,4H2,1-3H3. The summed E-state index contributed by atoms with van der Waals surface area (Å²) in [7, 11) is -2.14. The van der Waals surface area contributed by atoms with Gasteiger partial charge < -0.3 is 4.74 Å². The Bertz CT molecular complexity index is 975. The highest BCUT2D eigenvalue weighted by atomic mass is 32.2. The van der Waals surface area contributed by atoms with Crippen LogP contribution in [0.5, 0.6) is 5.75 Å². The second-order valence-electron chi connectivity index (χ2n) is 5.26. The summed E-state index contributed by atoms with van der Waals surface area (Å²) in [6.07, 6.45) is 2.11. The highest BCUT2D eigenvalue weighted by molar-refractivity contribution is 7.90. The molecule has 0 aliphatic rings. The molecule has 0 amide bonds. The minimum Gasteiger partial charge on any atom is -0.496 e. The fraction of sp³-hybridized carbons (Fsp3) is 0.235. The van der Waals surface area contributed by atoms with Gasteiger partial charge in [0.2, 0.25) is 0 Å². The predicted octanol–water partition coefficient (Wildman–Crippen LogP) is 3.15. The first-order valence-corrected chi connectivity index (χ1v) is 8.79. The average molecular weight is 330 g/mol. The number of aryl methyl sites for hydroxylation is 2. The number of rotatable bonds is 4. The molecule has 1 aromatic heterocycles. The maximum atomic E-state index is 13.1. The highest BCUT2D eigenvalue weighted by Gasteiger charge is 2.23. The molecular formula is C17H18N2O3S. The molecule has 0 atom stereocenters. The Morgan fingerprint density at radius 3 is 2.48 bits per heavy atom. The average Bonchev–Trinajstić information content (AvgIpc) is 2.95. The maximum Gasteiger partial charge on any atom is 0.269 e. The molecule has 23 heavy (non-hydrogen) atoms. The molecule has 0 aliphatic carbocycles. The molecule has 0 spiro atoms. The fourth-order valence-electron chi connectivity index (χ4n) is 2.72. The topological polar surface area (TPSA) is 61.2 Å². The summed E-state index contributed by atoms with van der Waals surface area (Å²) in [5.41, 5.74) is 0.684. The van der Waals surface area contributed by atoms with Crippen LogP contribution in [0, 0.1) is 6.92 Å². The molecule has 2 aromatic carbocycles. The zero-order chi connectivity index (χ0) is 16.6. The summed E-state index contributed by atoms with van der Waals surface area (Å²) < 4.78 is 32.9. The number of ether oxygens (including phenoxy) is 1. The predicted molar refractivity (Wildman–Crippen MR) is 89.4 cm³/mol. The van der Waals surface area contributed by atoms with Crippen LogP contribution in [0.15, 0.2) is 47.5 Å².